The smallest absolute Gasteiger partial charge is 0.257 e. The number of aromatic nitrogens is 3. The SMILES string of the molecule is CCc1c(C(=O)N2CCC(c3nc4ccccc4o3)CC2)cnn1Cc1ccccc1. The molecule has 6 heteroatoms. The van der Waals surface area contributed by atoms with E-state index in [-0.39, 0.29) is 11.8 Å². The molecule has 0 unspecified atom stereocenters. The largest absolute Gasteiger partial charge is 0.440 e. The lowest BCUT2D eigenvalue weighted by molar-refractivity contribution is 0.0705. The highest BCUT2D eigenvalue weighted by Gasteiger charge is 2.29. The molecule has 2 aromatic heterocycles. The summed E-state index contributed by atoms with van der Waals surface area (Å²) in [4.78, 5) is 19.9. The highest BCUT2D eigenvalue weighted by Crippen LogP contribution is 2.30. The van der Waals surface area contributed by atoms with Crippen LogP contribution in [0, 0.1) is 0 Å². The van der Waals surface area contributed by atoms with E-state index in [0.29, 0.717) is 19.6 Å². The third-order valence-corrected chi connectivity index (χ3v) is 6.13. The molecule has 0 radical (unpaired) electrons. The van der Waals surface area contributed by atoms with Crippen molar-refractivity contribution in [3.05, 3.63) is 83.5 Å². The minimum absolute atomic E-state index is 0.0761. The van der Waals surface area contributed by atoms with E-state index >= 15 is 0 Å². The second-order valence-electron chi connectivity index (χ2n) is 8.09. The van der Waals surface area contributed by atoms with Crippen LogP contribution in [0.4, 0.5) is 0 Å². The summed E-state index contributed by atoms with van der Waals surface area (Å²) in [6.07, 6.45) is 4.22. The molecule has 0 aliphatic carbocycles. The average Bonchev–Trinajstić information content (AvgIpc) is 3.43. The number of nitrogens with zero attached hydrogens (tertiary/aromatic N) is 4. The van der Waals surface area contributed by atoms with Crippen molar-refractivity contribution in [2.45, 2.75) is 38.6 Å². The van der Waals surface area contributed by atoms with Crippen molar-refractivity contribution < 1.29 is 9.21 Å². The molecule has 1 fully saturated rings. The molecular weight excluding hydrogens is 388 g/mol. The molecule has 31 heavy (non-hydrogen) atoms. The number of amides is 1. The van der Waals surface area contributed by atoms with Gasteiger partial charge >= 0.3 is 0 Å². The zero-order valence-electron chi connectivity index (χ0n) is 17.7. The zero-order valence-corrected chi connectivity index (χ0v) is 17.7. The van der Waals surface area contributed by atoms with Crippen LogP contribution in [0.2, 0.25) is 0 Å². The summed E-state index contributed by atoms with van der Waals surface area (Å²) in [7, 11) is 0. The molecule has 2 aromatic carbocycles. The highest BCUT2D eigenvalue weighted by atomic mass is 16.3. The van der Waals surface area contributed by atoms with Crippen LogP contribution in [0.1, 0.15) is 53.2 Å². The van der Waals surface area contributed by atoms with Gasteiger partial charge in [-0.25, -0.2) is 4.98 Å². The number of para-hydroxylation sites is 2. The zero-order chi connectivity index (χ0) is 21.2. The van der Waals surface area contributed by atoms with E-state index in [2.05, 4.69) is 29.1 Å². The fraction of sp³-hybridized carbons (Fsp3) is 0.320. The Hall–Kier alpha value is -3.41. The van der Waals surface area contributed by atoms with Crippen molar-refractivity contribution in [3.8, 4) is 0 Å². The monoisotopic (exact) mass is 414 g/mol. The van der Waals surface area contributed by atoms with Gasteiger partial charge in [-0.1, -0.05) is 49.4 Å². The Kier molecular flexibility index (Phi) is 5.28. The Morgan fingerprint density at radius 1 is 1.06 bits per heavy atom. The Bertz CT molecular complexity index is 1150. The predicted octanol–water partition coefficient (Wildman–Crippen LogP) is 4.65. The van der Waals surface area contributed by atoms with Gasteiger partial charge in [0, 0.05) is 19.0 Å². The van der Waals surface area contributed by atoms with Crippen molar-refractivity contribution >= 4 is 17.0 Å². The topological polar surface area (TPSA) is 64.2 Å². The van der Waals surface area contributed by atoms with Crippen LogP contribution in [0.15, 0.2) is 65.2 Å². The number of benzene rings is 2. The first kappa shape index (κ1) is 19.5. The third-order valence-electron chi connectivity index (χ3n) is 6.13. The van der Waals surface area contributed by atoms with E-state index in [0.717, 1.165) is 47.5 Å². The maximum atomic E-state index is 13.3. The van der Waals surface area contributed by atoms with Crippen molar-refractivity contribution in [2.24, 2.45) is 0 Å². The van der Waals surface area contributed by atoms with Crippen LogP contribution >= 0.6 is 0 Å². The number of piperidine rings is 1. The maximum Gasteiger partial charge on any atom is 0.257 e. The van der Waals surface area contributed by atoms with Crippen molar-refractivity contribution in [2.75, 3.05) is 13.1 Å². The van der Waals surface area contributed by atoms with Gasteiger partial charge in [-0.2, -0.15) is 5.10 Å². The van der Waals surface area contributed by atoms with E-state index in [1.807, 2.05) is 52.0 Å². The second kappa shape index (κ2) is 8.38. The lowest BCUT2D eigenvalue weighted by Crippen LogP contribution is -2.38. The summed E-state index contributed by atoms with van der Waals surface area (Å²) in [6, 6.07) is 18.1. The molecular formula is C25H26N4O2. The van der Waals surface area contributed by atoms with E-state index in [4.69, 9.17) is 4.42 Å². The molecule has 4 aromatic rings. The molecule has 5 rings (SSSR count). The summed E-state index contributed by atoms with van der Waals surface area (Å²) in [6.45, 7) is 4.16. The number of hydrogen-bond donors (Lipinski definition) is 0. The molecule has 1 aliphatic heterocycles. The highest BCUT2D eigenvalue weighted by molar-refractivity contribution is 5.95. The number of fused-ring (bicyclic) bond motifs is 1. The molecule has 158 valence electrons. The number of likely N-dealkylation sites (tertiary alicyclic amines) is 1. The number of carbonyl (C=O) groups is 1. The average molecular weight is 415 g/mol. The van der Waals surface area contributed by atoms with E-state index in [1.54, 1.807) is 6.20 Å². The molecule has 0 bridgehead atoms. The van der Waals surface area contributed by atoms with Gasteiger partial charge in [-0.05, 0) is 37.0 Å². The molecule has 0 atom stereocenters. The molecule has 0 N–H and O–H groups in total. The van der Waals surface area contributed by atoms with Gasteiger partial charge in [0.2, 0.25) is 0 Å². The van der Waals surface area contributed by atoms with Crippen LogP contribution in [-0.2, 0) is 13.0 Å². The first-order valence-electron chi connectivity index (χ1n) is 11.0. The van der Waals surface area contributed by atoms with E-state index in [1.165, 1.54) is 5.56 Å². The van der Waals surface area contributed by atoms with Crippen molar-refractivity contribution in [1.82, 2.24) is 19.7 Å². The van der Waals surface area contributed by atoms with Crippen LogP contribution in [0.25, 0.3) is 11.1 Å². The van der Waals surface area contributed by atoms with Crippen LogP contribution in [-0.4, -0.2) is 38.7 Å². The Labute approximate surface area is 181 Å². The maximum absolute atomic E-state index is 13.3. The molecule has 3 heterocycles. The Morgan fingerprint density at radius 3 is 2.55 bits per heavy atom. The minimum atomic E-state index is 0.0761. The number of hydrogen-bond acceptors (Lipinski definition) is 4. The van der Waals surface area contributed by atoms with Crippen LogP contribution in [0.5, 0.6) is 0 Å². The third kappa shape index (κ3) is 3.85. The normalized spacial score (nSPS) is 14.9. The number of rotatable bonds is 5. The molecule has 1 saturated heterocycles. The summed E-state index contributed by atoms with van der Waals surface area (Å²) in [5.74, 6) is 1.12. The van der Waals surface area contributed by atoms with Gasteiger partial charge in [0.25, 0.3) is 5.91 Å². The molecule has 0 spiro atoms. The summed E-state index contributed by atoms with van der Waals surface area (Å²) in [5.41, 5.74) is 4.62. The minimum Gasteiger partial charge on any atom is -0.440 e. The molecule has 6 nitrogen and oxygen atoms in total. The van der Waals surface area contributed by atoms with Crippen LogP contribution < -0.4 is 0 Å². The first-order chi connectivity index (χ1) is 15.2. The van der Waals surface area contributed by atoms with Crippen molar-refractivity contribution in [1.29, 1.82) is 0 Å². The van der Waals surface area contributed by atoms with Gasteiger partial charge in [0.15, 0.2) is 11.5 Å². The molecule has 1 aliphatic rings. The fourth-order valence-electron chi connectivity index (χ4n) is 4.42. The summed E-state index contributed by atoms with van der Waals surface area (Å²) in [5, 5.41) is 4.53. The predicted molar refractivity (Wildman–Crippen MR) is 119 cm³/mol. The Morgan fingerprint density at radius 2 is 1.81 bits per heavy atom. The van der Waals surface area contributed by atoms with Crippen molar-refractivity contribution in [3.63, 3.8) is 0 Å². The van der Waals surface area contributed by atoms with Gasteiger partial charge in [-0.3, -0.25) is 9.48 Å². The molecule has 1 amide bonds. The van der Waals surface area contributed by atoms with E-state index in [9.17, 15) is 4.79 Å². The lowest BCUT2D eigenvalue weighted by atomic mass is 9.96. The van der Waals surface area contributed by atoms with Gasteiger partial charge < -0.3 is 9.32 Å². The molecule has 0 saturated carbocycles. The van der Waals surface area contributed by atoms with E-state index < -0.39 is 0 Å². The summed E-state index contributed by atoms with van der Waals surface area (Å²) >= 11 is 0. The van der Waals surface area contributed by atoms with Crippen LogP contribution in [0.3, 0.4) is 0 Å². The Balaban J connectivity index is 1.28. The quantitative estimate of drug-likeness (QED) is 0.477. The summed E-state index contributed by atoms with van der Waals surface area (Å²) < 4.78 is 7.91. The number of carbonyl (C=O) groups excluding carboxylic acids is 1. The number of oxazole rings is 1. The fourth-order valence-corrected chi connectivity index (χ4v) is 4.42. The lowest BCUT2D eigenvalue weighted by Gasteiger charge is -2.30. The van der Waals surface area contributed by atoms with Gasteiger partial charge in [0.05, 0.1) is 24.0 Å². The second-order valence-corrected chi connectivity index (χ2v) is 8.09. The van der Waals surface area contributed by atoms with Gasteiger partial charge in [-0.15, -0.1) is 0 Å². The first-order valence-corrected chi connectivity index (χ1v) is 11.0. The van der Waals surface area contributed by atoms with Gasteiger partial charge in [0.1, 0.15) is 5.52 Å². The standard InChI is InChI=1S/C25H26N4O2/c1-2-22-20(16-26-29(22)17-18-8-4-3-5-9-18)25(30)28-14-12-19(13-15-28)24-27-21-10-6-7-11-23(21)31-24/h3-11,16,19H,2,12-15,17H2,1H3.